The van der Waals surface area contributed by atoms with E-state index in [1.807, 2.05) is 24.3 Å². The van der Waals surface area contributed by atoms with Crippen LogP contribution < -0.4 is 9.05 Å². The molecule has 2 aromatic rings. The van der Waals surface area contributed by atoms with Gasteiger partial charge in [0.15, 0.2) is 6.16 Å². The van der Waals surface area contributed by atoms with E-state index in [-0.39, 0.29) is 11.5 Å². The fraction of sp³-hybridized carbons (Fsp3) is 0.538. The summed E-state index contributed by atoms with van der Waals surface area (Å²) in [5.41, 5.74) is 2.29. The van der Waals surface area contributed by atoms with E-state index >= 15 is 0 Å². The molecule has 2 aliphatic carbocycles. The largest absolute Gasteiger partial charge is 0.439 e. The predicted octanol–water partition coefficient (Wildman–Crippen LogP) is 9.00. The lowest BCUT2D eigenvalue weighted by atomic mass is 9.84. The smallest absolute Gasteiger partial charge is 0.416 e. The average Bonchev–Trinajstić information content (AvgIpc) is 2.80. The lowest BCUT2D eigenvalue weighted by molar-refractivity contribution is -0.108. The van der Waals surface area contributed by atoms with Crippen LogP contribution in [-0.4, -0.2) is 12.3 Å². The fourth-order valence-electron chi connectivity index (χ4n) is 5.10. The lowest BCUT2D eigenvalue weighted by Gasteiger charge is -2.24. The molecule has 2 saturated carbocycles. The van der Waals surface area contributed by atoms with E-state index in [4.69, 9.17) is 9.05 Å². The van der Waals surface area contributed by atoms with Crippen molar-refractivity contribution in [2.45, 2.75) is 82.2 Å². The summed E-state index contributed by atoms with van der Waals surface area (Å²) < 4.78 is 63.7. The molecule has 0 aromatic heterocycles. The van der Waals surface area contributed by atoms with E-state index in [1.54, 1.807) is 24.3 Å². The van der Waals surface area contributed by atoms with Crippen LogP contribution in [0.4, 0.5) is 13.2 Å². The molecule has 0 aliphatic heterocycles. The van der Waals surface area contributed by atoms with Gasteiger partial charge in [-0.2, -0.15) is 13.2 Å². The monoisotopic (exact) mass is 480 g/mol. The highest BCUT2D eigenvalue weighted by Gasteiger charge is 2.43. The van der Waals surface area contributed by atoms with Crippen molar-refractivity contribution in [2.24, 2.45) is 0 Å². The number of hydrogen-bond acceptors (Lipinski definition) is 3. The Hall–Kier alpha value is -1.94. The van der Waals surface area contributed by atoms with Crippen LogP contribution in [0.2, 0.25) is 0 Å². The van der Waals surface area contributed by atoms with Gasteiger partial charge in [-0.1, -0.05) is 62.8 Å². The van der Waals surface area contributed by atoms with Crippen molar-refractivity contribution < 1.29 is 26.8 Å². The molecule has 180 valence electrons. The minimum Gasteiger partial charge on any atom is -0.416 e. The van der Waals surface area contributed by atoms with Crippen molar-refractivity contribution >= 4 is 7.60 Å². The average molecular weight is 481 g/mol. The van der Waals surface area contributed by atoms with Gasteiger partial charge < -0.3 is 9.05 Å². The summed E-state index contributed by atoms with van der Waals surface area (Å²) in [6, 6.07) is 13.9. The maximum Gasteiger partial charge on any atom is 0.439 e. The summed E-state index contributed by atoms with van der Waals surface area (Å²) in [4.78, 5) is 0. The third-order valence-electron chi connectivity index (χ3n) is 6.78. The molecule has 33 heavy (non-hydrogen) atoms. The normalized spacial score (nSPS) is 18.8. The zero-order valence-electron chi connectivity index (χ0n) is 18.9. The first-order valence-electron chi connectivity index (χ1n) is 12.0. The summed E-state index contributed by atoms with van der Waals surface area (Å²) in [7, 11) is -4.50. The fourth-order valence-corrected chi connectivity index (χ4v) is 6.59. The van der Waals surface area contributed by atoms with Crippen LogP contribution in [0.3, 0.4) is 0 Å². The SMILES string of the molecule is O=P(CC(F)(F)F)(Oc1ccc(C2CCCCC2)cc1)Oc1ccc(C2CCCCC2)cc1. The van der Waals surface area contributed by atoms with Gasteiger partial charge in [0.25, 0.3) is 0 Å². The second-order valence-corrected chi connectivity index (χ2v) is 11.3. The summed E-state index contributed by atoms with van der Waals surface area (Å²) in [5.74, 6) is 1.18. The van der Waals surface area contributed by atoms with Gasteiger partial charge in [-0.25, -0.2) is 4.57 Å². The van der Waals surface area contributed by atoms with Gasteiger partial charge in [-0.15, -0.1) is 0 Å². The second-order valence-electron chi connectivity index (χ2n) is 9.37. The summed E-state index contributed by atoms with van der Waals surface area (Å²) in [6.45, 7) is 0. The quantitative estimate of drug-likeness (QED) is 0.371. The Bertz CT molecular complexity index is 861. The van der Waals surface area contributed by atoms with E-state index in [1.165, 1.54) is 38.5 Å². The van der Waals surface area contributed by atoms with Crippen LogP contribution in [0.15, 0.2) is 48.5 Å². The Morgan fingerprint density at radius 1 is 0.667 bits per heavy atom. The van der Waals surface area contributed by atoms with Gasteiger partial charge in [-0.3, -0.25) is 0 Å². The zero-order chi connectivity index (χ0) is 23.3. The lowest BCUT2D eigenvalue weighted by Crippen LogP contribution is -2.19. The predicted molar refractivity (Wildman–Crippen MR) is 124 cm³/mol. The highest BCUT2D eigenvalue weighted by atomic mass is 31.2. The van der Waals surface area contributed by atoms with Crippen LogP contribution in [0, 0.1) is 0 Å². The van der Waals surface area contributed by atoms with Crippen LogP contribution in [0.5, 0.6) is 11.5 Å². The molecule has 4 rings (SSSR count). The number of rotatable bonds is 7. The minimum atomic E-state index is -4.68. The Morgan fingerprint density at radius 3 is 1.36 bits per heavy atom. The van der Waals surface area contributed by atoms with Crippen molar-refractivity contribution in [1.29, 1.82) is 0 Å². The Kier molecular flexibility index (Phi) is 7.73. The Labute approximate surface area is 194 Å². The van der Waals surface area contributed by atoms with Crippen LogP contribution in [0.1, 0.15) is 87.2 Å². The molecule has 2 fully saturated rings. The number of hydrogen-bond donors (Lipinski definition) is 0. The van der Waals surface area contributed by atoms with Gasteiger partial charge >= 0.3 is 13.8 Å². The highest BCUT2D eigenvalue weighted by Crippen LogP contribution is 2.52. The van der Waals surface area contributed by atoms with Crippen LogP contribution in [-0.2, 0) is 4.57 Å². The molecule has 0 spiro atoms. The maximum absolute atomic E-state index is 13.2. The van der Waals surface area contributed by atoms with E-state index in [0.717, 1.165) is 36.8 Å². The molecule has 0 radical (unpaired) electrons. The molecule has 0 N–H and O–H groups in total. The van der Waals surface area contributed by atoms with Crippen molar-refractivity contribution in [3.05, 3.63) is 59.7 Å². The first-order chi connectivity index (χ1) is 15.8. The molecular weight excluding hydrogens is 448 g/mol. The number of halogens is 3. The van der Waals surface area contributed by atoms with E-state index in [9.17, 15) is 17.7 Å². The molecule has 3 nitrogen and oxygen atoms in total. The minimum absolute atomic E-state index is 0.126. The first kappa shape index (κ1) is 24.2. The van der Waals surface area contributed by atoms with Gasteiger partial charge in [0.1, 0.15) is 11.5 Å². The third-order valence-corrected chi connectivity index (χ3v) is 8.50. The molecule has 0 saturated heterocycles. The molecule has 0 amide bonds. The maximum atomic E-state index is 13.2. The molecule has 0 atom stereocenters. The summed E-state index contributed by atoms with van der Waals surface area (Å²) >= 11 is 0. The van der Waals surface area contributed by atoms with E-state index in [0.29, 0.717) is 11.8 Å². The van der Waals surface area contributed by atoms with E-state index in [2.05, 4.69) is 0 Å². The van der Waals surface area contributed by atoms with Gasteiger partial charge in [0, 0.05) is 0 Å². The van der Waals surface area contributed by atoms with Crippen molar-refractivity contribution in [3.8, 4) is 11.5 Å². The zero-order valence-corrected chi connectivity index (χ0v) is 19.8. The van der Waals surface area contributed by atoms with Crippen LogP contribution >= 0.6 is 7.60 Å². The highest BCUT2D eigenvalue weighted by molar-refractivity contribution is 7.54. The molecular formula is C26H32F3O3P. The molecule has 0 unspecified atom stereocenters. The second kappa shape index (κ2) is 10.5. The van der Waals surface area contributed by atoms with Crippen molar-refractivity contribution in [1.82, 2.24) is 0 Å². The molecule has 0 heterocycles. The van der Waals surface area contributed by atoms with Crippen LogP contribution in [0.25, 0.3) is 0 Å². The molecule has 7 heteroatoms. The summed E-state index contributed by atoms with van der Waals surface area (Å²) in [5, 5.41) is 0. The third kappa shape index (κ3) is 7.02. The van der Waals surface area contributed by atoms with Crippen molar-refractivity contribution in [2.75, 3.05) is 6.16 Å². The number of benzene rings is 2. The van der Waals surface area contributed by atoms with Gasteiger partial charge in [-0.05, 0) is 72.9 Å². The van der Waals surface area contributed by atoms with E-state index < -0.39 is 19.9 Å². The Morgan fingerprint density at radius 2 is 1.03 bits per heavy atom. The molecule has 2 aromatic carbocycles. The Balaban J connectivity index is 1.46. The van der Waals surface area contributed by atoms with Gasteiger partial charge in [0.05, 0.1) is 0 Å². The topological polar surface area (TPSA) is 35.5 Å². The van der Waals surface area contributed by atoms with Gasteiger partial charge in [0.2, 0.25) is 0 Å². The number of alkyl halides is 3. The standard InChI is InChI=1S/C26H32F3O3P/c27-26(28,29)19-33(30,31-24-15-11-22(12-16-24)20-7-3-1-4-8-20)32-25-17-13-23(14-18-25)21-9-5-2-6-10-21/h11-18,20-21H,1-10,19H2. The first-order valence-corrected chi connectivity index (χ1v) is 13.8. The molecule has 0 bridgehead atoms. The summed E-state index contributed by atoms with van der Waals surface area (Å²) in [6.07, 6.45) is 5.41. The van der Waals surface area contributed by atoms with Crippen molar-refractivity contribution in [3.63, 3.8) is 0 Å². The molecule has 2 aliphatic rings.